The molecule has 0 aliphatic carbocycles. The SMILES string of the molecule is COCC(=O)N1CCC(C(=O)N2CCCO[C@@H](Cn3cccn3)C2)CC1. The van der Waals surface area contributed by atoms with Crippen molar-refractivity contribution in [1.29, 1.82) is 0 Å². The average Bonchev–Trinajstić information content (AvgIpc) is 3.05. The number of amides is 2. The molecule has 0 saturated carbocycles. The van der Waals surface area contributed by atoms with Crippen LogP contribution in [0.25, 0.3) is 0 Å². The molecule has 2 aliphatic rings. The van der Waals surface area contributed by atoms with Gasteiger partial charge in [-0.25, -0.2) is 0 Å². The van der Waals surface area contributed by atoms with Crippen LogP contribution >= 0.6 is 0 Å². The Balaban J connectivity index is 1.52. The van der Waals surface area contributed by atoms with Gasteiger partial charge in [-0.15, -0.1) is 0 Å². The van der Waals surface area contributed by atoms with Gasteiger partial charge in [0.2, 0.25) is 11.8 Å². The van der Waals surface area contributed by atoms with E-state index in [9.17, 15) is 9.59 Å². The van der Waals surface area contributed by atoms with Crippen molar-refractivity contribution in [3.05, 3.63) is 18.5 Å². The fraction of sp³-hybridized carbons (Fsp3) is 0.722. The third-order valence-corrected chi connectivity index (χ3v) is 5.08. The zero-order chi connectivity index (χ0) is 18.4. The van der Waals surface area contributed by atoms with E-state index in [1.807, 2.05) is 21.8 Å². The summed E-state index contributed by atoms with van der Waals surface area (Å²) in [4.78, 5) is 28.6. The maximum atomic E-state index is 13.0. The lowest BCUT2D eigenvalue weighted by Crippen LogP contribution is -2.47. The Labute approximate surface area is 154 Å². The first-order valence-corrected chi connectivity index (χ1v) is 9.32. The summed E-state index contributed by atoms with van der Waals surface area (Å²) < 4.78 is 12.7. The van der Waals surface area contributed by atoms with Crippen molar-refractivity contribution in [1.82, 2.24) is 19.6 Å². The highest BCUT2D eigenvalue weighted by atomic mass is 16.5. The number of piperidine rings is 1. The third-order valence-electron chi connectivity index (χ3n) is 5.08. The smallest absolute Gasteiger partial charge is 0.248 e. The second kappa shape index (κ2) is 9.14. The fourth-order valence-corrected chi connectivity index (χ4v) is 3.67. The number of carbonyl (C=O) groups excluding carboxylic acids is 2. The van der Waals surface area contributed by atoms with E-state index in [4.69, 9.17) is 9.47 Å². The predicted octanol–water partition coefficient (Wildman–Crippen LogP) is 0.386. The zero-order valence-electron chi connectivity index (χ0n) is 15.4. The van der Waals surface area contributed by atoms with Crippen LogP contribution in [0.3, 0.4) is 0 Å². The van der Waals surface area contributed by atoms with Crippen LogP contribution in [0, 0.1) is 5.92 Å². The molecule has 0 N–H and O–H groups in total. The van der Waals surface area contributed by atoms with Crippen LogP contribution in [-0.4, -0.2) is 84.0 Å². The molecule has 2 amide bonds. The van der Waals surface area contributed by atoms with E-state index < -0.39 is 0 Å². The molecule has 3 heterocycles. The van der Waals surface area contributed by atoms with Crippen LogP contribution in [-0.2, 0) is 25.6 Å². The molecule has 1 aromatic heterocycles. The number of likely N-dealkylation sites (tertiary alicyclic amines) is 1. The molecule has 2 fully saturated rings. The van der Waals surface area contributed by atoms with E-state index in [1.54, 1.807) is 11.1 Å². The first kappa shape index (κ1) is 18.8. The monoisotopic (exact) mass is 364 g/mol. The molecular formula is C18H28N4O4. The van der Waals surface area contributed by atoms with Crippen molar-refractivity contribution in [2.75, 3.05) is 46.5 Å². The number of hydrogen-bond acceptors (Lipinski definition) is 5. The number of nitrogens with zero attached hydrogens (tertiary/aromatic N) is 4. The van der Waals surface area contributed by atoms with E-state index in [-0.39, 0.29) is 30.4 Å². The lowest BCUT2D eigenvalue weighted by Gasteiger charge is -2.34. The summed E-state index contributed by atoms with van der Waals surface area (Å²) in [5.74, 6) is 0.186. The van der Waals surface area contributed by atoms with Gasteiger partial charge in [-0.05, 0) is 25.3 Å². The predicted molar refractivity (Wildman–Crippen MR) is 94.3 cm³/mol. The Bertz CT molecular complexity index is 584. The molecule has 0 bridgehead atoms. The number of methoxy groups -OCH3 is 1. The second-order valence-corrected chi connectivity index (χ2v) is 6.95. The molecule has 8 nitrogen and oxygen atoms in total. The summed E-state index contributed by atoms with van der Waals surface area (Å²) in [6.45, 7) is 4.01. The highest BCUT2D eigenvalue weighted by molar-refractivity contribution is 5.80. The van der Waals surface area contributed by atoms with E-state index in [0.717, 1.165) is 25.8 Å². The van der Waals surface area contributed by atoms with Gasteiger partial charge in [-0.1, -0.05) is 0 Å². The molecule has 26 heavy (non-hydrogen) atoms. The first-order valence-electron chi connectivity index (χ1n) is 9.32. The number of rotatable bonds is 5. The van der Waals surface area contributed by atoms with Crippen molar-refractivity contribution in [2.45, 2.75) is 31.9 Å². The van der Waals surface area contributed by atoms with Gasteiger partial charge in [0.25, 0.3) is 0 Å². The van der Waals surface area contributed by atoms with E-state index in [2.05, 4.69) is 5.10 Å². The Morgan fingerprint density at radius 1 is 1.23 bits per heavy atom. The molecular weight excluding hydrogens is 336 g/mol. The standard InChI is InChI=1S/C18H28N4O4/c1-25-14-17(23)20-9-4-15(5-10-20)18(24)21-7-3-11-26-16(12-21)13-22-8-2-6-19-22/h2,6,8,15-16H,3-5,7,9-14H2,1H3/t16-/m1/s1. The molecule has 1 aromatic rings. The van der Waals surface area contributed by atoms with Crippen molar-refractivity contribution < 1.29 is 19.1 Å². The Hall–Kier alpha value is -1.93. The van der Waals surface area contributed by atoms with Gasteiger partial charge in [0.05, 0.1) is 12.6 Å². The highest BCUT2D eigenvalue weighted by Crippen LogP contribution is 2.21. The van der Waals surface area contributed by atoms with Crippen molar-refractivity contribution in [3.8, 4) is 0 Å². The molecule has 3 rings (SSSR count). The number of carbonyl (C=O) groups is 2. The van der Waals surface area contributed by atoms with Crippen molar-refractivity contribution in [3.63, 3.8) is 0 Å². The normalized spacial score (nSPS) is 22.3. The summed E-state index contributed by atoms with van der Waals surface area (Å²) in [6.07, 6.45) is 5.91. The number of aromatic nitrogens is 2. The van der Waals surface area contributed by atoms with Gasteiger partial charge in [0.15, 0.2) is 0 Å². The van der Waals surface area contributed by atoms with Crippen molar-refractivity contribution >= 4 is 11.8 Å². The van der Waals surface area contributed by atoms with E-state index in [0.29, 0.717) is 32.8 Å². The molecule has 8 heteroatoms. The summed E-state index contributed by atoms with van der Waals surface area (Å²) in [5.41, 5.74) is 0. The summed E-state index contributed by atoms with van der Waals surface area (Å²) in [7, 11) is 1.52. The Morgan fingerprint density at radius 2 is 2.04 bits per heavy atom. The molecule has 0 radical (unpaired) electrons. The van der Waals surface area contributed by atoms with E-state index >= 15 is 0 Å². The zero-order valence-corrected chi connectivity index (χ0v) is 15.4. The molecule has 1 atom stereocenters. The highest BCUT2D eigenvalue weighted by Gasteiger charge is 2.32. The van der Waals surface area contributed by atoms with Gasteiger partial charge in [0.1, 0.15) is 6.61 Å². The second-order valence-electron chi connectivity index (χ2n) is 6.95. The summed E-state index contributed by atoms with van der Waals surface area (Å²) in [6, 6.07) is 1.89. The lowest BCUT2D eigenvalue weighted by atomic mass is 9.95. The van der Waals surface area contributed by atoms with Gasteiger partial charge in [-0.2, -0.15) is 5.10 Å². The molecule has 144 valence electrons. The van der Waals surface area contributed by atoms with Crippen LogP contribution in [0.2, 0.25) is 0 Å². The van der Waals surface area contributed by atoms with Crippen molar-refractivity contribution in [2.24, 2.45) is 5.92 Å². The number of ether oxygens (including phenoxy) is 2. The Kier molecular flexibility index (Phi) is 6.62. The van der Waals surface area contributed by atoms with Gasteiger partial charge in [0, 0.05) is 58.2 Å². The van der Waals surface area contributed by atoms with Gasteiger partial charge >= 0.3 is 0 Å². The minimum Gasteiger partial charge on any atom is -0.375 e. The average molecular weight is 364 g/mol. The molecule has 2 aliphatic heterocycles. The molecule has 0 spiro atoms. The summed E-state index contributed by atoms with van der Waals surface area (Å²) in [5, 5.41) is 4.23. The van der Waals surface area contributed by atoms with Crippen LogP contribution in [0.1, 0.15) is 19.3 Å². The quantitative estimate of drug-likeness (QED) is 0.755. The molecule has 0 unspecified atom stereocenters. The van der Waals surface area contributed by atoms with Crippen LogP contribution in [0.15, 0.2) is 18.5 Å². The van der Waals surface area contributed by atoms with Crippen LogP contribution in [0.5, 0.6) is 0 Å². The molecule has 2 saturated heterocycles. The third kappa shape index (κ3) is 4.82. The maximum Gasteiger partial charge on any atom is 0.248 e. The fourth-order valence-electron chi connectivity index (χ4n) is 3.67. The maximum absolute atomic E-state index is 13.0. The minimum absolute atomic E-state index is 0.000795. The van der Waals surface area contributed by atoms with Gasteiger partial charge in [-0.3, -0.25) is 14.3 Å². The van der Waals surface area contributed by atoms with Crippen LogP contribution in [0.4, 0.5) is 0 Å². The minimum atomic E-state index is -0.0373. The topological polar surface area (TPSA) is 76.9 Å². The number of hydrogen-bond donors (Lipinski definition) is 0. The van der Waals surface area contributed by atoms with Gasteiger partial charge < -0.3 is 19.3 Å². The Morgan fingerprint density at radius 3 is 2.73 bits per heavy atom. The summed E-state index contributed by atoms with van der Waals surface area (Å²) >= 11 is 0. The largest absolute Gasteiger partial charge is 0.375 e. The van der Waals surface area contributed by atoms with E-state index in [1.165, 1.54) is 7.11 Å². The molecule has 0 aromatic carbocycles. The lowest BCUT2D eigenvalue weighted by molar-refractivity contribution is -0.142. The first-order chi connectivity index (χ1) is 12.7. The van der Waals surface area contributed by atoms with Crippen LogP contribution < -0.4 is 0 Å².